The van der Waals surface area contributed by atoms with Crippen LogP contribution in [0, 0.1) is 0 Å². The summed E-state index contributed by atoms with van der Waals surface area (Å²) in [6.07, 6.45) is 4.26. The number of hydrogen-bond donors (Lipinski definition) is 1. The van der Waals surface area contributed by atoms with Crippen LogP contribution in [-0.2, 0) is 4.74 Å². The summed E-state index contributed by atoms with van der Waals surface area (Å²) >= 11 is 0. The molecule has 1 unspecified atom stereocenters. The number of nitrogens with zero attached hydrogens (tertiary/aromatic N) is 1. The highest BCUT2D eigenvalue weighted by molar-refractivity contribution is 5.07. The van der Waals surface area contributed by atoms with E-state index in [1.165, 1.54) is 6.26 Å². The van der Waals surface area contributed by atoms with Gasteiger partial charge in [0, 0.05) is 12.2 Å². The lowest BCUT2D eigenvalue weighted by Gasteiger charge is -2.12. The van der Waals surface area contributed by atoms with E-state index in [0.717, 1.165) is 18.7 Å². The molecule has 3 heteroatoms. The quantitative estimate of drug-likeness (QED) is 0.549. The number of aromatic nitrogens is 1. The number of pyridine rings is 1. The molecule has 82 valence electrons. The summed E-state index contributed by atoms with van der Waals surface area (Å²) in [5.41, 5.74) is 1.07. The zero-order valence-corrected chi connectivity index (χ0v) is 9.15. The van der Waals surface area contributed by atoms with Crippen molar-refractivity contribution >= 4 is 0 Å². The van der Waals surface area contributed by atoms with Crippen LogP contribution >= 0.6 is 0 Å². The Bertz CT molecular complexity index is 274. The molecule has 0 bridgehead atoms. The van der Waals surface area contributed by atoms with Gasteiger partial charge in [-0.2, -0.15) is 0 Å². The second-order valence-corrected chi connectivity index (χ2v) is 3.32. The van der Waals surface area contributed by atoms with Crippen molar-refractivity contribution in [3.05, 3.63) is 42.9 Å². The molecule has 1 N–H and O–H groups in total. The molecule has 1 aromatic rings. The second kappa shape index (κ2) is 7.01. The predicted molar refractivity (Wildman–Crippen MR) is 61.4 cm³/mol. The Morgan fingerprint density at radius 2 is 2.47 bits per heavy atom. The van der Waals surface area contributed by atoms with Crippen LogP contribution in [0.25, 0.3) is 0 Å². The number of nitrogens with one attached hydrogen (secondary N) is 1. The highest BCUT2D eigenvalue weighted by Gasteiger charge is 2.03. The molecule has 0 saturated carbocycles. The molecule has 0 aliphatic carbocycles. The summed E-state index contributed by atoms with van der Waals surface area (Å²) in [5.74, 6) is 0. The van der Waals surface area contributed by atoms with Crippen LogP contribution in [0.15, 0.2) is 37.2 Å². The van der Waals surface area contributed by atoms with E-state index in [4.69, 9.17) is 4.74 Å². The largest absolute Gasteiger partial charge is 0.502 e. The SMILES string of the molecule is C=COCCCNC(C)c1ccccn1. The normalized spacial score (nSPS) is 12.1. The van der Waals surface area contributed by atoms with Crippen molar-refractivity contribution in [1.82, 2.24) is 10.3 Å². The van der Waals surface area contributed by atoms with E-state index < -0.39 is 0 Å². The Labute approximate surface area is 91.2 Å². The fraction of sp³-hybridized carbons (Fsp3) is 0.417. The van der Waals surface area contributed by atoms with Crippen molar-refractivity contribution < 1.29 is 4.74 Å². The van der Waals surface area contributed by atoms with Crippen LogP contribution in [0.1, 0.15) is 25.1 Å². The lowest BCUT2D eigenvalue weighted by molar-refractivity contribution is 0.243. The minimum atomic E-state index is 0.287. The summed E-state index contributed by atoms with van der Waals surface area (Å²) < 4.78 is 5.03. The van der Waals surface area contributed by atoms with Gasteiger partial charge in [-0.3, -0.25) is 4.98 Å². The van der Waals surface area contributed by atoms with Crippen molar-refractivity contribution in [2.24, 2.45) is 0 Å². The van der Waals surface area contributed by atoms with Gasteiger partial charge in [-0.1, -0.05) is 12.6 Å². The minimum absolute atomic E-state index is 0.287. The second-order valence-electron chi connectivity index (χ2n) is 3.32. The molecule has 0 amide bonds. The first-order valence-corrected chi connectivity index (χ1v) is 5.21. The van der Waals surface area contributed by atoms with E-state index in [-0.39, 0.29) is 6.04 Å². The van der Waals surface area contributed by atoms with Crippen LogP contribution in [0.4, 0.5) is 0 Å². The van der Waals surface area contributed by atoms with E-state index in [9.17, 15) is 0 Å². The Kier molecular flexibility index (Phi) is 5.48. The smallest absolute Gasteiger partial charge is 0.0885 e. The van der Waals surface area contributed by atoms with Crippen LogP contribution in [0.3, 0.4) is 0 Å². The van der Waals surface area contributed by atoms with Gasteiger partial charge in [0.2, 0.25) is 0 Å². The van der Waals surface area contributed by atoms with Gasteiger partial charge in [0.25, 0.3) is 0 Å². The monoisotopic (exact) mass is 206 g/mol. The standard InChI is InChI=1S/C12H18N2O/c1-3-15-10-6-9-13-11(2)12-7-4-5-8-14-12/h3-5,7-8,11,13H,1,6,9-10H2,2H3. The lowest BCUT2D eigenvalue weighted by Crippen LogP contribution is -2.21. The van der Waals surface area contributed by atoms with Gasteiger partial charge in [-0.05, 0) is 32.0 Å². The summed E-state index contributed by atoms with van der Waals surface area (Å²) in [6, 6.07) is 6.24. The zero-order valence-electron chi connectivity index (χ0n) is 9.15. The van der Waals surface area contributed by atoms with Gasteiger partial charge < -0.3 is 10.1 Å². The van der Waals surface area contributed by atoms with Crippen LogP contribution in [0.5, 0.6) is 0 Å². The van der Waals surface area contributed by atoms with Crippen molar-refractivity contribution in [3.63, 3.8) is 0 Å². The third kappa shape index (κ3) is 4.61. The van der Waals surface area contributed by atoms with Crippen molar-refractivity contribution in [3.8, 4) is 0 Å². The summed E-state index contributed by atoms with van der Waals surface area (Å²) in [4.78, 5) is 4.28. The zero-order chi connectivity index (χ0) is 10.9. The average Bonchev–Trinajstić information content (AvgIpc) is 2.30. The molecule has 15 heavy (non-hydrogen) atoms. The number of ether oxygens (including phenoxy) is 1. The molecule has 1 rings (SSSR count). The highest BCUT2D eigenvalue weighted by Crippen LogP contribution is 2.07. The molecule has 1 heterocycles. The minimum Gasteiger partial charge on any atom is -0.502 e. The number of hydrogen-bond acceptors (Lipinski definition) is 3. The maximum Gasteiger partial charge on any atom is 0.0885 e. The van der Waals surface area contributed by atoms with E-state index in [0.29, 0.717) is 6.61 Å². The first kappa shape index (κ1) is 11.7. The van der Waals surface area contributed by atoms with Crippen molar-refractivity contribution in [2.75, 3.05) is 13.2 Å². The molecule has 0 aliphatic rings. The summed E-state index contributed by atoms with van der Waals surface area (Å²) in [5, 5.41) is 3.38. The average molecular weight is 206 g/mol. The lowest BCUT2D eigenvalue weighted by atomic mass is 10.2. The van der Waals surface area contributed by atoms with E-state index in [1.54, 1.807) is 0 Å². The fourth-order valence-electron chi connectivity index (χ4n) is 1.29. The molecule has 0 spiro atoms. The Morgan fingerprint density at radius 1 is 1.60 bits per heavy atom. The van der Waals surface area contributed by atoms with Crippen molar-refractivity contribution in [2.45, 2.75) is 19.4 Å². The molecule has 0 fully saturated rings. The third-order valence-corrected chi connectivity index (χ3v) is 2.14. The topological polar surface area (TPSA) is 34.1 Å². The molecular weight excluding hydrogens is 188 g/mol. The van der Waals surface area contributed by atoms with Gasteiger partial charge in [-0.25, -0.2) is 0 Å². The first-order chi connectivity index (χ1) is 7.34. The molecule has 0 aliphatic heterocycles. The Balaban J connectivity index is 2.19. The van der Waals surface area contributed by atoms with Gasteiger partial charge in [0.1, 0.15) is 0 Å². The number of rotatable bonds is 7. The summed E-state index contributed by atoms with van der Waals surface area (Å²) in [6.45, 7) is 7.23. The van der Waals surface area contributed by atoms with Crippen LogP contribution < -0.4 is 5.32 Å². The molecule has 1 atom stereocenters. The highest BCUT2D eigenvalue weighted by atomic mass is 16.5. The van der Waals surface area contributed by atoms with E-state index in [2.05, 4.69) is 23.8 Å². The van der Waals surface area contributed by atoms with Crippen molar-refractivity contribution in [1.29, 1.82) is 0 Å². The first-order valence-electron chi connectivity index (χ1n) is 5.21. The summed E-state index contributed by atoms with van der Waals surface area (Å²) in [7, 11) is 0. The third-order valence-electron chi connectivity index (χ3n) is 2.14. The molecular formula is C12H18N2O. The molecule has 1 aromatic heterocycles. The molecule has 3 nitrogen and oxygen atoms in total. The van der Waals surface area contributed by atoms with Gasteiger partial charge in [-0.15, -0.1) is 0 Å². The van der Waals surface area contributed by atoms with Gasteiger partial charge in [0.05, 0.1) is 18.6 Å². The molecule has 0 radical (unpaired) electrons. The molecule has 0 saturated heterocycles. The fourth-order valence-corrected chi connectivity index (χ4v) is 1.29. The van der Waals surface area contributed by atoms with E-state index in [1.807, 2.05) is 24.4 Å². The Hall–Kier alpha value is -1.35. The molecule has 0 aromatic carbocycles. The van der Waals surface area contributed by atoms with Crippen LogP contribution in [-0.4, -0.2) is 18.1 Å². The van der Waals surface area contributed by atoms with Crippen LogP contribution in [0.2, 0.25) is 0 Å². The maximum atomic E-state index is 5.03. The van der Waals surface area contributed by atoms with Gasteiger partial charge in [0.15, 0.2) is 0 Å². The maximum absolute atomic E-state index is 5.03. The van der Waals surface area contributed by atoms with E-state index >= 15 is 0 Å². The predicted octanol–water partition coefficient (Wildman–Crippen LogP) is 2.28. The Morgan fingerprint density at radius 3 is 3.13 bits per heavy atom. The van der Waals surface area contributed by atoms with Gasteiger partial charge >= 0.3 is 0 Å².